The van der Waals surface area contributed by atoms with E-state index in [4.69, 9.17) is 16.3 Å². The molecular weight excluding hydrogens is 424 g/mol. The Labute approximate surface area is 183 Å². The molecule has 8 heteroatoms. The number of hydrogen-bond acceptors (Lipinski definition) is 4. The summed E-state index contributed by atoms with van der Waals surface area (Å²) < 4.78 is 32.6. The second-order valence-electron chi connectivity index (χ2n) is 7.30. The molecule has 6 nitrogen and oxygen atoms in total. The van der Waals surface area contributed by atoms with Gasteiger partial charge in [0.15, 0.2) is 6.61 Å². The molecule has 1 amide bonds. The first-order valence-corrected chi connectivity index (χ1v) is 12.0. The van der Waals surface area contributed by atoms with E-state index in [0.29, 0.717) is 41.7 Å². The Morgan fingerprint density at radius 2 is 1.60 bits per heavy atom. The number of hydrogen-bond donors (Lipinski definition) is 1. The zero-order chi connectivity index (χ0) is 21.4. The summed E-state index contributed by atoms with van der Waals surface area (Å²) in [5, 5.41) is 3.41. The molecule has 0 unspecified atom stereocenters. The lowest BCUT2D eigenvalue weighted by Crippen LogP contribution is -2.32. The van der Waals surface area contributed by atoms with Gasteiger partial charge < -0.3 is 10.1 Å². The third kappa shape index (κ3) is 6.45. The largest absolute Gasteiger partial charge is 0.484 e. The maximum atomic E-state index is 12.8. The number of nitrogens with one attached hydrogen (secondary N) is 1. The molecule has 162 valence electrons. The second kappa shape index (κ2) is 10.8. The molecule has 0 aliphatic carbocycles. The van der Waals surface area contributed by atoms with Gasteiger partial charge in [0.25, 0.3) is 5.91 Å². The highest BCUT2D eigenvalue weighted by atomic mass is 35.5. The number of carbonyl (C=O) groups is 1. The molecule has 2 aromatic carbocycles. The Morgan fingerprint density at radius 3 is 2.23 bits per heavy atom. The number of nitrogens with zero attached hydrogens (tertiary/aromatic N) is 1. The van der Waals surface area contributed by atoms with Crippen molar-refractivity contribution in [2.24, 2.45) is 0 Å². The summed E-state index contributed by atoms with van der Waals surface area (Å²) in [6, 6.07) is 13.7. The van der Waals surface area contributed by atoms with Crippen LogP contribution in [0.1, 0.15) is 31.2 Å². The van der Waals surface area contributed by atoms with E-state index in [9.17, 15) is 13.2 Å². The maximum absolute atomic E-state index is 12.8. The number of ether oxygens (including phenoxy) is 1. The number of benzene rings is 2. The van der Waals surface area contributed by atoms with Crippen molar-refractivity contribution in [2.75, 3.05) is 26.2 Å². The fourth-order valence-electron chi connectivity index (χ4n) is 3.34. The molecule has 1 saturated heterocycles. The van der Waals surface area contributed by atoms with Crippen molar-refractivity contribution in [1.82, 2.24) is 9.62 Å². The van der Waals surface area contributed by atoms with Gasteiger partial charge >= 0.3 is 0 Å². The van der Waals surface area contributed by atoms with Crippen molar-refractivity contribution in [3.63, 3.8) is 0 Å². The molecule has 1 N–H and O–H groups in total. The standard InChI is InChI=1S/C22H27ClN2O4S/c23-19-7-9-20(10-8-19)29-17-22(26)24-14-13-18-5-11-21(12-6-18)30(27,28)25-15-3-1-2-4-16-25/h5-12H,1-4,13-17H2,(H,24,26). The zero-order valence-electron chi connectivity index (χ0n) is 16.8. The summed E-state index contributed by atoms with van der Waals surface area (Å²) in [6.45, 7) is 1.55. The quantitative estimate of drug-likeness (QED) is 0.666. The number of amides is 1. The van der Waals surface area contributed by atoms with Crippen LogP contribution in [-0.2, 0) is 21.2 Å². The van der Waals surface area contributed by atoms with Gasteiger partial charge in [0.1, 0.15) is 5.75 Å². The molecule has 0 atom stereocenters. The van der Waals surface area contributed by atoms with Gasteiger partial charge in [-0.05, 0) is 61.2 Å². The molecular formula is C22H27ClN2O4S. The molecule has 3 rings (SSSR count). The molecule has 1 aliphatic heterocycles. The highest BCUT2D eigenvalue weighted by Gasteiger charge is 2.24. The van der Waals surface area contributed by atoms with E-state index in [2.05, 4.69) is 5.32 Å². The predicted octanol–water partition coefficient (Wildman–Crippen LogP) is 3.64. The van der Waals surface area contributed by atoms with E-state index in [1.165, 1.54) is 0 Å². The Hall–Kier alpha value is -2.09. The van der Waals surface area contributed by atoms with Crippen molar-refractivity contribution in [3.05, 3.63) is 59.1 Å². The predicted molar refractivity (Wildman–Crippen MR) is 117 cm³/mol. The zero-order valence-corrected chi connectivity index (χ0v) is 18.4. The van der Waals surface area contributed by atoms with Crippen LogP contribution in [0, 0.1) is 0 Å². The third-order valence-electron chi connectivity index (χ3n) is 5.05. The van der Waals surface area contributed by atoms with E-state index >= 15 is 0 Å². The van der Waals surface area contributed by atoms with E-state index in [1.54, 1.807) is 52.8 Å². The second-order valence-corrected chi connectivity index (χ2v) is 9.68. The first kappa shape index (κ1) is 22.6. The molecule has 1 heterocycles. The smallest absolute Gasteiger partial charge is 0.257 e. The highest BCUT2D eigenvalue weighted by Crippen LogP contribution is 2.21. The van der Waals surface area contributed by atoms with Crippen LogP contribution in [0.15, 0.2) is 53.4 Å². The Bertz CT molecular complexity index is 923. The van der Waals surface area contributed by atoms with Crippen LogP contribution >= 0.6 is 11.6 Å². The van der Waals surface area contributed by atoms with Crippen molar-refractivity contribution in [3.8, 4) is 5.75 Å². The summed E-state index contributed by atoms with van der Waals surface area (Å²) in [5.41, 5.74) is 0.962. The van der Waals surface area contributed by atoms with Gasteiger partial charge in [-0.1, -0.05) is 36.6 Å². The molecule has 2 aromatic rings. The van der Waals surface area contributed by atoms with Crippen LogP contribution in [0.3, 0.4) is 0 Å². The molecule has 0 bridgehead atoms. The SMILES string of the molecule is O=C(COc1ccc(Cl)cc1)NCCc1ccc(S(=O)(=O)N2CCCCCC2)cc1. The summed E-state index contributed by atoms with van der Waals surface area (Å²) in [7, 11) is -3.43. The minimum atomic E-state index is -3.43. The van der Waals surface area contributed by atoms with Crippen LogP contribution in [-0.4, -0.2) is 44.9 Å². The topological polar surface area (TPSA) is 75.7 Å². The van der Waals surface area contributed by atoms with Crippen LogP contribution in [0.5, 0.6) is 5.75 Å². The first-order chi connectivity index (χ1) is 14.4. The molecule has 0 radical (unpaired) electrons. The molecule has 1 fully saturated rings. The molecule has 0 saturated carbocycles. The summed E-state index contributed by atoms with van der Waals surface area (Å²) in [4.78, 5) is 12.2. The van der Waals surface area contributed by atoms with Crippen LogP contribution in [0.2, 0.25) is 5.02 Å². The van der Waals surface area contributed by atoms with Crippen LogP contribution in [0.25, 0.3) is 0 Å². The van der Waals surface area contributed by atoms with Crippen LogP contribution < -0.4 is 10.1 Å². The number of rotatable bonds is 8. The van der Waals surface area contributed by atoms with Crippen molar-refractivity contribution in [1.29, 1.82) is 0 Å². The minimum absolute atomic E-state index is 0.0748. The lowest BCUT2D eigenvalue weighted by Gasteiger charge is -2.20. The number of carbonyl (C=O) groups excluding carboxylic acids is 1. The van der Waals surface area contributed by atoms with Gasteiger partial charge in [-0.2, -0.15) is 4.31 Å². The van der Waals surface area contributed by atoms with Crippen molar-refractivity contribution < 1.29 is 17.9 Å². The normalized spacial score (nSPS) is 15.4. The van der Waals surface area contributed by atoms with E-state index in [0.717, 1.165) is 31.2 Å². The van der Waals surface area contributed by atoms with Crippen LogP contribution in [0.4, 0.5) is 0 Å². The Morgan fingerprint density at radius 1 is 0.967 bits per heavy atom. The monoisotopic (exact) mass is 450 g/mol. The third-order valence-corrected chi connectivity index (χ3v) is 7.21. The average molecular weight is 451 g/mol. The summed E-state index contributed by atoms with van der Waals surface area (Å²) in [5.74, 6) is 0.362. The number of halogens is 1. The average Bonchev–Trinajstić information content (AvgIpc) is 3.04. The van der Waals surface area contributed by atoms with Crippen molar-refractivity contribution in [2.45, 2.75) is 37.0 Å². The summed E-state index contributed by atoms with van der Waals surface area (Å²) >= 11 is 5.81. The Balaban J connectivity index is 1.45. The lowest BCUT2D eigenvalue weighted by molar-refractivity contribution is -0.123. The fourth-order valence-corrected chi connectivity index (χ4v) is 4.98. The van der Waals surface area contributed by atoms with Gasteiger partial charge in [0.2, 0.25) is 10.0 Å². The van der Waals surface area contributed by atoms with Gasteiger partial charge in [0, 0.05) is 24.7 Å². The fraction of sp³-hybridized carbons (Fsp3) is 0.409. The molecule has 0 spiro atoms. The molecule has 1 aliphatic rings. The van der Waals surface area contributed by atoms with Gasteiger partial charge in [-0.25, -0.2) is 8.42 Å². The molecule has 0 aromatic heterocycles. The van der Waals surface area contributed by atoms with E-state index < -0.39 is 10.0 Å². The van der Waals surface area contributed by atoms with Gasteiger partial charge in [-0.3, -0.25) is 4.79 Å². The highest BCUT2D eigenvalue weighted by molar-refractivity contribution is 7.89. The van der Waals surface area contributed by atoms with E-state index in [-0.39, 0.29) is 12.5 Å². The van der Waals surface area contributed by atoms with Crippen molar-refractivity contribution >= 4 is 27.5 Å². The van der Waals surface area contributed by atoms with Gasteiger partial charge in [0.05, 0.1) is 4.90 Å². The molecule has 30 heavy (non-hydrogen) atoms. The number of sulfonamides is 1. The summed E-state index contributed by atoms with van der Waals surface area (Å²) in [6.07, 6.45) is 4.61. The lowest BCUT2D eigenvalue weighted by atomic mass is 10.1. The van der Waals surface area contributed by atoms with Gasteiger partial charge in [-0.15, -0.1) is 0 Å². The first-order valence-electron chi connectivity index (χ1n) is 10.2. The Kier molecular flexibility index (Phi) is 8.13. The maximum Gasteiger partial charge on any atom is 0.257 e. The minimum Gasteiger partial charge on any atom is -0.484 e. The van der Waals surface area contributed by atoms with E-state index in [1.807, 2.05) is 0 Å².